The van der Waals surface area contributed by atoms with Gasteiger partial charge in [0, 0.05) is 57.9 Å². The molecular weight excluding hydrogens is 354 g/mol. The van der Waals surface area contributed by atoms with Crippen molar-refractivity contribution in [1.82, 2.24) is 19.7 Å². The van der Waals surface area contributed by atoms with Crippen LogP contribution in [0.3, 0.4) is 0 Å². The van der Waals surface area contributed by atoms with Crippen molar-refractivity contribution in [2.24, 2.45) is 12.0 Å². The lowest BCUT2D eigenvalue weighted by atomic mass is 10.2. The van der Waals surface area contributed by atoms with Crippen LogP contribution in [0.4, 0.5) is 4.79 Å². The number of carbonyl (C=O) groups is 2. The van der Waals surface area contributed by atoms with E-state index in [0.29, 0.717) is 13.1 Å². The molecule has 2 heterocycles. The smallest absolute Gasteiger partial charge is 0.408 e. The molecule has 0 radical (unpaired) electrons. The Kier molecular flexibility index (Phi) is 6.82. The van der Waals surface area contributed by atoms with Crippen LogP contribution in [0.1, 0.15) is 26.5 Å². The molecule has 146 valence electrons. The second kappa shape index (κ2) is 8.68. The predicted molar refractivity (Wildman–Crippen MR) is 101 cm³/mol. The first kappa shape index (κ1) is 20.4. The summed E-state index contributed by atoms with van der Waals surface area (Å²) in [5.74, 6) is -0.0799. The summed E-state index contributed by atoms with van der Waals surface area (Å²) in [7, 11) is 3.82. The van der Waals surface area contributed by atoms with Crippen LogP contribution in [0.25, 0.3) is 0 Å². The van der Waals surface area contributed by atoms with Gasteiger partial charge in [0.25, 0.3) is 0 Å². The van der Waals surface area contributed by atoms with Crippen molar-refractivity contribution in [2.75, 3.05) is 39.8 Å². The third-order valence-electron chi connectivity index (χ3n) is 4.10. The van der Waals surface area contributed by atoms with E-state index in [9.17, 15) is 9.59 Å². The molecular formula is C17H29N5O3S. The average Bonchev–Trinajstić information content (AvgIpc) is 2.92. The van der Waals surface area contributed by atoms with Crippen LogP contribution in [-0.2, 0) is 23.1 Å². The zero-order valence-corrected chi connectivity index (χ0v) is 17.1. The third kappa shape index (κ3) is 5.84. The quantitative estimate of drug-likeness (QED) is 0.834. The Balaban J connectivity index is 1.76. The number of rotatable bonds is 4. The lowest BCUT2D eigenvalue weighted by molar-refractivity contribution is -0.132. The van der Waals surface area contributed by atoms with Gasteiger partial charge in [-0.15, -0.1) is 11.3 Å². The van der Waals surface area contributed by atoms with Gasteiger partial charge in [-0.05, 0) is 20.8 Å². The first-order valence-electron chi connectivity index (χ1n) is 8.73. The Morgan fingerprint density at radius 2 is 1.92 bits per heavy atom. The van der Waals surface area contributed by atoms with Crippen molar-refractivity contribution in [3.05, 3.63) is 15.9 Å². The number of hydrogen-bond donors (Lipinski definition) is 1. The Bertz CT molecular complexity index is 696. The standard InChI is InChI=1S/C17H29N5O3S/c1-17(2,3)25-16(24)19-10-14(23)22-8-6-21(7-9-22)11-13-12-26-15(18-4)20(13)5/h12H,6-11H2,1-5H3,(H,19,24)/b18-15-. The minimum atomic E-state index is -0.568. The number of aromatic nitrogens is 1. The molecule has 1 aliphatic rings. The summed E-state index contributed by atoms with van der Waals surface area (Å²) in [6, 6.07) is 0. The summed E-state index contributed by atoms with van der Waals surface area (Å²) in [6.07, 6.45) is -0.563. The van der Waals surface area contributed by atoms with E-state index in [2.05, 4.69) is 25.2 Å². The van der Waals surface area contributed by atoms with Crippen LogP contribution in [0, 0.1) is 0 Å². The Labute approximate surface area is 158 Å². The van der Waals surface area contributed by atoms with E-state index in [4.69, 9.17) is 4.74 Å². The van der Waals surface area contributed by atoms with Gasteiger partial charge in [-0.25, -0.2) is 4.79 Å². The molecule has 1 aliphatic heterocycles. The summed E-state index contributed by atoms with van der Waals surface area (Å²) in [6.45, 7) is 9.13. The first-order valence-corrected chi connectivity index (χ1v) is 9.61. The van der Waals surface area contributed by atoms with Gasteiger partial charge < -0.3 is 19.5 Å². The normalized spacial score (nSPS) is 16.7. The number of nitrogens with one attached hydrogen (secondary N) is 1. The fourth-order valence-electron chi connectivity index (χ4n) is 2.71. The lowest BCUT2D eigenvalue weighted by Gasteiger charge is -2.34. The number of nitrogens with zero attached hydrogens (tertiary/aromatic N) is 4. The lowest BCUT2D eigenvalue weighted by Crippen LogP contribution is -2.51. The molecule has 26 heavy (non-hydrogen) atoms. The second-order valence-electron chi connectivity index (χ2n) is 7.30. The van der Waals surface area contributed by atoms with E-state index in [1.54, 1.807) is 44.1 Å². The van der Waals surface area contributed by atoms with Gasteiger partial charge in [-0.1, -0.05) is 0 Å². The van der Waals surface area contributed by atoms with Gasteiger partial charge in [-0.2, -0.15) is 0 Å². The highest BCUT2D eigenvalue weighted by Gasteiger charge is 2.23. The molecule has 0 bridgehead atoms. The van der Waals surface area contributed by atoms with E-state index < -0.39 is 11.7 Å². The highest BCUT2D eigenvalue weighted by molar-refractivity contribution is 7.07. The predicted octanol–water partition coefficient (Wildman–Crippen LogP) is 0.786. The molecule has 8 nitrogen and oxygen atoms in total. The monoisotopic (exact) mass is 383 g/mol. The molecule has 1 aromatic rings. The van der Waals surface area contributed by atoms with Crippen LogP contribution < -0.4 is 10.1 Å². The zero-order valence-electron chi connectivity index (χ0n) is 16.2. The summed E-state index contributed by atoms with van der Waals surface area (Å²) in [5, 5.41) is 4.66. The van der Waals surface area contributed by atoms with Gasteiger partial charge in [0.1, 0.15) is 12.1 Å². The van der Waals surface area contributed by atoms with E-state index in [1.807, 2.05) is 7.05 Å². The van der Waals surface area contributed by atoms with E-state index in [0.717, 1.165) is 24.4 Å². The minimum Gasteiger partial charge on any atom is -0.444 e. The molecule has 1 aromatic heterocycles. The highest BCUT2D eigenvalue weighted by atomic mass is 32.1. The molecule has 0 saturated carbocycles. The molecule has 0 atom stereocenters. The zero-order chi connectivity index (χ0) is 19.3. The molecule has 1 fully saturated rings. The number of thiazole rings is 1. The van der Waals surface area contributed by atoms with E-state index in [-0.39, 0.29) is 12.5 Å². The fourth-order valence-corrected chi connectivity index (χ4v) is 3.56. The van der Waals surface area contributed by atoms with Crippen LogP contribution in [0.5, 0.6) is 0 Å². The van der Waals surface area contributed by atoms with Crippen LogP contribution in [0.2, 0.25) is 0 Å². The van der Waals surface area contributed by atoms with Gasteiger partial charge >= 0.3 is 6.09 Å². The number of ether oxygens (including phenoxy) is 1. The molecule has 0 aliphatic carbocycles. The molecule has 2 amide bonds. The summed E-state index contributed by atoms with van der Waals surface area (Å²) in [5.41, 5.74) is 0.656. The topological polar surface area (TPSA) is 79.2 Å². The number of amides is 2. The largest absolute Gasteiger partial charge is 0.444 e. The maximum absolute atomic E-state index is 12.3. The van der Waals surface area contributed by atoms with Crippen molar-refractivity contribution >= 4 is 23.3 Å². The van der Waals surface area contributed by atoms with Gasteiger partial charge in [0.15, 0.2) is 4.80 Å². The Morgan fingerprint density at radius 3 is 2.46 bits per heavy atom. The van der Waals surface area contributed by atoms with Gasteiger partial charge in [0.05, 0.1) is 0 Å². The number of alkyl carbamates (subject to hydrolysis) is 1. The molecule has 0 spiro atoms. The fraction of sp³-hybridized carbons (Fsp3) is 0.706. The highest BCUT2D eigenvalue weighted by Crippen LogP contribution is 2.09. The molecule has 1 saturated heterocycles. The third-order valence-corrected chi connectivity index (χ3v) is 5.16. The van der Waals surface area contributed by atoms with Crippen molar-refractivity contribution in [3.8, 4) is 0 Å². The van der Waals surface area contributed by atoms with E-state index in [1.165, 1.54) is 5.69 Å². The number of hydrogen-bond acceptors (Lipinski definition) is 6. The van der Waals surface area contributed by atoms with Crippen LogP contribution >= 0.6 is 11.3 Å². The van der Waals surface area contributed by atoms with Gasteiger partial charge in [0.2, 0.25) is 5.91 Å². The minimum absolute atomic E-state index is 0.0320. The summed E-state index contributed by atoms with van der Waals surface area (Å²) in [4.78, 5) is 33.2. The SMILES string of the molecule is C/N=c1\scc(CN2CCN(C(=O)CNC(=O)OC(C)(C)C)CC2)n1C. The molecule has 2 rings (SSSR count). The number of carbonyl (C=O) groups excluding carboxylic acids is 2. The summed E-state index contributed by atoms with van der Waals surface area (Å²) >= 11 is 1.64. The maximum atomic E-state index is 12.3. The van der Waals surface area contributed by atoms with Crippen molar-refractivity contribution in [1.29, 1.82) is 0 Å². The average molecular weight is 384 g/mol. The molecule has 9 heteroatoms. The molecule has 1 N–H and O–H groups in total. The Hall–Kier alpha value is -1.87. The van der Waals surface area contributed by atoms with Gasteiger partial charge in [-0.3, -0.25) is 14.7 Å². The van der Waals surface area contributed by atoms with Crippen LogP contribution in [0.15, 0.2) is 10.4 Å². The maximum Gasteiger partial charge on any atom is 0.408 e. The second-order valence-corrected chi connectivity index (χ2v) is 8.14. The number of piperazine rings is 1. The first-order chi connectivity index (χ1) is 12.2. The van der Waals surface area contributed by atoms with E-state index >= 15 is 0 Å². The molecule has 0 unspecified atom stereocenters. The van der Waals surface area contributed by atoms with Crippen molar-refractivity contribution in [2.45, 2.75) is 32.9 Å². The van der Waals surface area contributed by atoms with Crippen LogP contribution in [-0.4, -0.2) is 71.7 Å². The van der Waals surface area contributed by atoms with Crippen molar-refractivity contribution in [3.63, 3.8) is 0 Å². The molecule has 0 aromatic carbocycles. The summed E-state index contributed by atoms with van der Waals surface area (Å²) < 4.78 is 7.25. The Morgan fingerprint density at radius 1 is 1.27 bits per heavy atom. The van der Waals surface area contributed by atoms with Crippen molar-refractivity contribution < 1.29 is 14.3 Å².